The molecule has 1 amide bonds. The van der Waals surface area contributed by atoms with E-state index in [1.807, 2.05) is 36.4 Å². The molecule has 0 spiro atoms. The number of fused-ring (bicyclic) bond motifs is 1. The first kappa shape index (κ1) is 22.7. The predicted molar refractivity (Wildman–Crippen MR) is 115 cm³/mol. The molecular formula is C23H23N3O6. The van der Waals surface area contributed by atoms with Crippen molar-refractivity contribution in [3.05, 3.63) is 66.2 Å². The number of ketones is 1. The normalized spacial score (nSPS) is 11.7. The Kier molecular flexibility index (Phi) is 7.33. The van der Waals surface area contributed by atoms with E-state index < -0.39 is 42.7 Å². The number of hydrogen-bond acceptors (Lipinski definition) is 6. The van der Waals surface area contributed by atoms with Crippen molar-refractivity contribution in [3.8, 4) is 0 Å². The van der Waals surface area contributed by atoms with Gasteiger partial charge in [0.2, 0.25) is 5.91 Å². The molecule has 3 aromatic rings. The first-order valence-corrected chi connectivity index (χ1v) is 9.95. The fraction of sp³-hybridized carbons (Fsp3) is 0.261. The number of aliphatic carboxylic acids is 1. The standard InChI is InChI=1S/C23H23N3O6/c1-26-12-17(24-14-26)10-21(28)25-19(11-22(29)30)20(27)13-32-23(31)9-16-7-4-6-15-5-2-3-8-18(15)16/h2-8,12,14,19H,9-11,13H2,1H3,(H,25,28)(H,29,30). The molecule has 9 nitrogen and oxygen atoms in total. The Labute approximate surface area is 184 Å². The molecule has 0 radical (unpaired) electrons. The number of nitrogens with one attached hydrogen (secondary N) is 1. The van der Waals surface area contributed by atoms with Gasteiger partial charge in [0, 0.05) is 13.2 Å². The van der Waals surface area contributed by atoms with Gasteiger partial charge in [0.25, 0.3) is 0 Å². The molecule has 3 rings (SSSR count). The summed E-state index contributed by atoms with van der Waals surface area (Å²) in [5.41, 5.74) is 1.24. The quantitative estimate of drug-likeness (QED) is 0.459. The number of amides is 1. The molecule has 0 aliphatic carbocycles. The van der Waals surface area contributed by atoms with Crippen molar-refractivity contribution in [2.24, 2.45) is 7.05 Å². The number of nitrogens with zero attached hydrogens (tertiary/aromatic N) is 2. The van der Waals surface area contributed by atoms with E-state index in [1.165, 1.54) is 6.33 Å². The molecule has 9 heteroatoms. The first-order valence-electron chi connectivity index (χ1n) is 9.95. The molecule has 2 aromatic carbocycles. The molecule has 166 valence electrons. The number of Topliss-reactive ketones (excluding diaryl/α,β-unsaturated/α-hetero) is 1. The van der Waals surface area contributed by atoms with Gasteiger partial charge < -0.3 is 19.7 Å². The average Bonchev–Trinajstić information content (AvgIpc) is 3.15. The van der Waals surface area contributed by atoms with Crippen molar-refractivity contribution in [1.29, 1.82) is 0 Å². The Morgan fingerprint density at radius 1 is 1.09 bits per heavy atom. The Morgan fingerprint density at radius 3 is 2.56 bits per heavy atom. The van der Waals surface area contributed by atoms with Gasteiger partial charge in [-0.25, -0.2) is 4.98 Å². The number of aryl methyl sites for hydroxylation is 1. The molecule has 1 heterocycles. The van der Waals surface area contributed by atoms with Crippen LogP contribution in [-0.4, -0.2) is 50.9 Å². The molecule has 1 aromatic heterocycles. The number of carbonyl (C=O) groups is 4. The fourth-order valence-electron chi connectivity index (χ4n) is 3.29. The van der Waals surface area contributed by atoms with Crippen LogP contribution in [0.4, 0.5) is 0 Å². The number of esters is 1. The largest absolute Gasteiger partial charge is 0.481 e. The van der Waals surface area contributed by atoms with Crippen molar-refractivity contribution in [1.82, 2.24) is 14.9 Å². The van der Waals surface area contributed by atoms with Gasteiger partial charge in [0.05, 0.1) is 31.3 Å². The van der Waals surface area contributed by atoms with Crippen LogP contribution in [0.15, 0.2) is 55.0 Å². The molecule has 1 unspecified atom stereocenters. The van der Waals surface area contributed by atoms with E-state index >= 15 is 0 Å². The van der Waals surface area contributed by atoms with Crippen LogP contribution in [0.3, 0.4) is 0 Å². The molecule has 0 bridgehead atoms. The smallest absolute Gasteiger partial charge is 0.310 e. The number of aromatic nitrogens is 2. The number of rotatable bonds is 10. The molecule has 0 fully saturated rings. The topological polar surface area (TPSA) is 128 Å². The maximum atomic E-state index is 12.5. The summed E-state index contributed by atoms with van der Waals surface area (Å²) in [6.45, 7) is -0.634. The molecule has 32 heavy (non-hydrogen) atoms. The van der Waals surface area contributed by atoms with E-state index in [0.29, 0.717) is 5.69 Å². The summed E-state index contributed by atoms with van der Waals surface area (Å²) in [5, 5.41) is 13.4. The van der Waals surface area contributed by atoms with Crippen LogP contribution in [0, 0.1) is 0 Å². The summed E-state index contributed by atoms with van der Waals surface area (Å²) in [4.78, 5) is 52.1. The van der Waals surface area contributed by atoms with E-state index in [-0.39, 0.29) is 12.8 Å². The third kappa shape index (κ3) is 6.24. The number of benzene rings is 2. The highest BCUT2D eigenvalue weighted by Gasteiger charge is 2.25. The van der Waals surface area contributed by atoms with Crippen LogP contribution in [0.5, 0.6) is 0 Å². The van der Waals surface area contributed by atoms with Gasteiger partial charge in [-0.1, -0.05) is 42.5 Å². The number of carboxylic acids is 1. The average molecular weight is 437 g/mol. The summed E-state index contributed by atoms with van der Waals surface area (Å²) in [5.74, 6) is -3.13. The highest BCUT2D eigenvalue weighted by atomic mass is 16.5. The summed E-state index contributed by atoms with van der Waals surface area (Å²) in [7, 11) is 1.75. The van der Waals surface area contributed by atoms with E-state index in [1.54, 1.807) is 23.9 Å². The number of imidazole rings is 1. The second kappa shape index (κ2) is 10.3. The van der Waals surface area contributed by atoms with E-state index in [4.69, 9.17) is 9.84 Å². The number of hydrogen-bond donors (Lipinski definition) is 2. The maximum absolute atomic E-state index is 12.5. The third-order valence-electron chi connectivity index (χ3n) is 4.79. The minimum atomic E-state index is -1.31. The number of ether oxygens (including phenoxy) is 1. The Balaban J connectivity index is 1.57. The minimum absolute atomic E-state index is 0.0374. The lowest BCUT2D eigenvalue weighted by Gasteiger charge is -2.16. The molecule has 1 atom stereocenters. The second-order valence-electron chi connectivity index (χ2n) is 7.37. The van der Waals surface area contributed by atoms with Gasteiger partial charge in [0.15, 0.2) is 12.4 Å². The molecule has 0 saturated carbocycles. The van der Waals surface area contributed by atoms with Crippen molar-refractivity contribution >= 4 is 34.4 Å². The molecule has 2 N–H and O–H groups in total. The van der Waals surface area contributed by atoms with Gasteiger partial charge in [0.1, 0.15) is 6.04 Å². The van der Waals surface area contributed by atoms with E-state index in [9.17, 15) is 19.2 Å². The maximum Gasteiger partial charge on any atom is 0.310 e. The van der Waals surface area contributed by atoms with Crippen molar-refractivity contribution in [2.45, 2.75) is 25.3 Å². The third-order valence-corrected chi connectivity index (χ3v) is 4.79. The highest BCUT2D eigenvalue weighted by Crippen LogP contribution is 2.19. The van der Waals surface area contributed by atoms with E-state index in [0.717, 1.165) is 16.3 Å². The first-order chi connectivity index (χ1) is 15.3. The van der Waals surface area contributed by atoms with Crippen molar-refractivity contribution in [2.75, 3.05) is 6.61 Å². The lowest BCUT2D eigenvalue weighted by atomic mass is 10.0. The van der Waals surface area contributed by atoms with Gasteiger partial charge in [-0.2, -0.15) is 0 Å². The van der Waals surface area contributed by atoms with Crippen LogP contribution < -0.4 is 5.32 Å². The second-order valence-corrected chi connectivity index (χ2v) is 7.37. The summed E-state index contributed by atoms with van der Waals surface area (Å²) in [6.07, 6.45) is 2.41. The highest BCUT2D eigenvalue weighted by molar-refractivity contribution is 5.94. The van der Waals surface area contributed by atoms with Crippen LogP contribution >= 0.6 is 0 Å². The number of carboxylic acid groups (broad SMARTS) is 1. The zero-order valence-corrected chi connectivity index (χ0v) is 17.5. The van der Waals surface area contributed by atoms with Crippen LogP contribution in [-0.2, 0) is 43.8 Å². The Bertz CT molecular complexity index is 1150. The number of carbonyl (C=O) groups excluding carboxylic acids is 3. The summed E-state index contributed by atoms with van der Waals surface area (Å²) >= 11 is 0. The Morgan fingerprint density at radius 2 is 1.84 bits per heavy atom. The minimum Gasteiger partial charge on any atom is -0.481 e. The summed E-state index contributed by atoms with van der Waals surface area (Å²) < 4.78 is 6.74. The molecular weight excluding hydrogens is 414 g/mol. The monoisotopic (exact) mass is 437 g/mol. The van der Waals surface area contributed by atoms with Gasteiger partial charge in [-0.05, 0) is 16.3 Å². The lowest BCUT2D eigenvalue weighted by Crippen LogP contribution is -2.44. The SMILES string of the molecule is Cn1cnc(CC(=O)NC(CC(=O)O)C(=O)COC(=O)Cc2cccc3ccccc23)c1. The van der Waals surface area contributed by atoms with Crippen molar-refractivity contribution < 1.29 is 29.0 Å². The summed E-state index contributed by atoms with van der Waals surface area (Å²) in [6, 6.07) is 11.8. The van der Waals surface area contributed by atoms with Crippen LogP contribution in [0.1, 0.15) is 17.7 Å². The molecule has 0 aliphatic heterocycles. The molecule has 0 saturated heterocycles. The van der Waals surface area contributed by atoms with E-state index in [2.05, 4.69) is 10.3 Å². The van der Waals surface area contributed by atoms with Crippen molar-refractivity contribution in [3.63, 3.8) is 0 Å². The predicted octanol–water partition coefficient (Wildman–Crippen LogP) is 1.43. The fourth-order valence-corrected chi connectivity index (χ4v) is 3.29. The van der Waals surface area contributed by atoms with Crippen LogP contribution in [0.2, 0.25) is 0 Å². The molecule has 0 aliphatic rings. The van der Waals surface area contributed by atoms with Gasteiger partial charge in [-0.3, -0.25) is 19.2 Å². The lowest BCUT2D eigenvalue weighted by molar-refractivity contribution is -0.148. The van der Waals surface area contributed by atoms with Gasteiger partial charge in [-0.15, -0.1) is 0 Å². The Hall–Kier alpha value is -4.01. The zero-order valence-electron chi connectivity index (χ0n) is 17.5. The van der Waals surface area contributed by atoms with Gasteiger partial charge >= 0.3 is 11.9 Å². The van der Waals surface area contributed by atoms with Crippen LogP contribution in [0.25, 0.3) is 10.8 Å². The zero-order chi connectivity index (χ0) is 23.1.